The van der Waals surface area contributed by atoms with Crippen LogP contribution in [0.5, 0.6) is 0 Å². The number of anilines is 1. The molecule has 0 unspecified atom stereocenters. The van der Waals surface area contributed by atoms with Crippen molar-refractivity contribution in [3.05, 3.63) is 47.8 Å². The summed E-state index contributed by atoms with van der Waals surface area (Å²) in [5, 5.41) is 10.3. The number of hydrogen-bond acceptors (Lipinski definition) is 2. The largest absolute Gasteiger partial charge is 0.385 e. The van der Waals surface area contributed by atoms with Crippen LogP contribution in [-0.4, -0.2) is 16.7 Å². The molecule has 0 radical (unpaired) electrons. The molecule has 15 heavy (non-hydrogen) atoms. The zero-order chi connectivity index (χ0) is 10.1. The summed E-state index contributed by atoms with van der Waals surface area (Å²) in [5.74, 6) is 0.487. The van der Waals surface area contributed by atoms with Crippen LogP contribution in [0.25, 0.3) is 0 Å². The Kier molecular flexibility index (Phi) is 1.95. The first kappa shape index (κ1) is 8.53. The fraction of sp³-hybridized carbons (Fsp3) is 0.250. The Morgan fingerprint density at radius 1 is 1.27 bits per heavy atom. The molecule has 2 aromatic rings. The summed E-state index contributed by atoms with van der Waals surface area (Å²) in [7, 11) is 0. The van der Waals surface area contributed by atoms with Crippen LogP contribution >= 0.6 is 0 Å². The Hall–Kier alpha value is -1.77. The number of nitrogens with one attached hydrogen (secondary N) is 2. The van der Waals surface area contributed by atoms with Crippen LogP contribution in [0.4, 0.5) is 5.69 Å². The zero-order valence-electron chi connectivity index (χ0n) is 8.40. The lowest BCUT2D eigenvalue weighted by atomic mass is 9.87. The van der Waals surface area contributed by atoms with Gasteiger partial charge in [-0.2, -0.15) is 5.10 Å². The van der Waals surface area contributed by atoms with Crippen LogP contribution in [0, 0.1) is 0 Å². The Balaban J connectivity index is 2.06. The Labute approximate surface area is 88.5 Å². The average molecular weight is 199 g/mol. The Bertz CT molecular complexity index is 448. The van der Waals surface area contributed by atoms with E-state index >= 15 is 0 Å². The molecule has 0 spiro atoms. The van der Waals surface area contributed by atoms with Gasteiger partial charge in [0.15, 0.2) is 0 Å². The van der Waals surface area contributed by atoms with Crippen molar-refractivity contribution < 1.29 is 0 Å². The second-order valence-electron chi connectivity index (χ2n) is 3.89. The molecule has 1 aromatic carbocycles. The van der Waals surface area contributed by atoms with Crippen LogP contribution in [0.2, 0.25) is 0 Å². The highest BCUT2D eigenvalue weighted by Crippen LogP contribution is 2.35. The summed E-state index contributed by atoms with van der Waals surface area (Å²) in [6.07, 6.45) is 5.05. The monoisotopic (exact) mass is 199 g/mol. The molecule has 3 heteroatoms. The highest BCUT2D eigenvalue weighted by atomic mass is 15.1. The van der Waals surface area contributed by atoms with Gasteiger partial charge in [-0.25, -0.2) is 0 Å². The first-order chi connectivity index (χ1) is 7.45. The van der Waals surface area contributed by atoms with Gasteiger partial charge in [0.05, 0.1) is 6.20 Å². The van der Waals surface area contributed by atoms with E-state index in [1.807, 2.05) is 12.4 Å². The first-order valence-corrected chi connectivity index (χ1v) is 5.26. The van der Waals surface area contributed by atoms with Gasteiger partial charge in [-0.05, 0) is 23.6 Å². The third kappa shape index (κ3) is 1.40. The second-order valence-corrected chi connectivity index (χ2v) is 3.89. The molecule has 0 aliphatic carbocycles. The van der Waals surface area contributed by atoms with Crippen molar-refractivity contribution in [2.45, 2.75) is 12.3 Å². The number of fused-ring (bicyclic) bond motifs is 1. The maximum absolute atomic E-state index is 4.02. The fourth-order valence-corrected chi connectivity index (χ4v) is 2.27. The minimum atomic E-state index is 0.487. The molecule has 1 aliphatic heterocycles. The smallest absolute Gasteiger partial charge is 0.0525 e. The Morgan fingerprint density at radius 2 is 2.20 bits per heavy atom. The van der Waals surface area contributed by atoms with E-state index in [9.17, 15) is 0 Å². The SMILES string of the molecule is c1ccc2c(c1)NCC[C@H]2c1cn[nH]c1. The van der Waals surface area contributed by atoms with Crippen LogP contribution in [0.3, 0.4) is 0 Å². The predicted molar refractivity (Wildman–Crippen MR) is 60.0 cm³/mol. The number of hydrogen-bond donors (Lipinski definition) is 2. The van der Waals surface area contributed by atoms with Crippen molar-refractivity contribution >= 4 is 5.69 Å². The number of H-pyrrole nitrogens is 1. The summed E-state index contributed by atoms with van der Waals surface area (Å²) < 4.78 is 0. The van der Waals surface area contributed by atoms with Crippen molar-refractivity contribution in [1.29, 1.82) is 0 Å². The van der Waals surface area contributed by atoms with E-state index in [0.717, 1.165) is 13.0 Å². The van der Waals surface area contributed by atoms with Crippen molar-refractivity contribution in [3.8, 4) is 0 Å². The molecule has 2 N–H and O–H groups in total. The molecule has 0 fully saturated rings. The molecule has 1 aromatic heterocycles. The molecule has 0 amide bonds. The standard InChI is InChI=1S/C12H13N3/c1-2-4-12-11(3-1)10(5-6-13-12)9-7-14-15-8-9/h1-4,7-8,10,13H,5-6H2,(H,14,15)/t10-/m0/s1. The molecule has 1 atom stereocenters. The van der Waals surface area contributed by atoms with Crippen LogP contribution in [-0.2, 0) is 0 Å². The summed E-state index contributed by atoms with van der Waals surface area (Å²) in [6.45, 7) is 1.03. The molecule has 1 aliphatic rings. The third-order valence-electron chi connectivity index (χ3n) is 3.01. The minimum Gasteiger partial charge on any atom is -0.385 e. The van der Waals surface area contributed by atoms with Crippen LogP contribution < -0.4 is 5.32 Å². The maximum Gasteiger partial charge on any atom is 0.0525 e. The van der Waals surface area contributed by atoms with E-state index in [0.29, 0.717) is 5.92 Å². The van der Waals surface area contributed by atoms with Crippen LogP contribution in [0.15, 0.2) is 36.7 Å². The molecular weight excluding hydrogens is 186 g/mol. The van der Waals surface area contributed by atoms with Gasteiger partial charge in [-0.15, -0.1) is 0 Å². The molecule has 3 rings (SSSR count). The summed E-state index contributed by atoms with van der Waals surface area (Å²) in [6, 6.07) is 8.50. The number of rotatable bonds is 1. The van der Waals surface area contributed by atoms with Gasteiger partial charge in [0, 0.05) is 24.3 Å². The lowest BCUT2D eigenvalue weighted by Gasteiger charge is -2.25. The van der Waals surface area contributed by atoms with Gasteiger partial charge in [0.2, 0.25) is 0 Å². The minimum absolute atomic E-state index is 0.487. The number of aromatic nitrogens is 2. The molecule has 76 valence electrons. The molecule has 3 nitrogen and oxygen atoms in total. The molecule has 2 heterocycles. The van der Waals surface area contributed by atoms with Crippen molar-refractivity contribution in [2.75, 3.05) is 11.9 Å². The van der Waals surface area contributed by atoms with Crippen molar-refractivity contribution in [3.63, 3.8) is 0 Å². The van der Waals surface area contributed by atoms with Crippen molar-refractivity contribution in [2.24, 2.45) is 0 Å². The van der Waals surface area contributed by atoms with Gasteiger partial charge in [0.25, 0.3) is 0 Å². The van der Waals surface area contributed by atoms with E-state index in [1.54, 1.807) is 0 Å². The van der Waals surface area contributed by atoms with E-state index in [-0.39, 0.29) is 0 Å². The number of para-hydroxylation sites is 1. The summed E-state index contributed by atoms with van der Waals surface area (Å²) in [4.78, 5) is 0. The van der Waals surface area contributed by atoms with Gasteiger partial charge < -0.3 is 5.32 Å². The molecular formula is C12H13N3. The summed E-state index contributed by atoms with van der Waals surface area (Å²) >= 11 is 0. The van der Waals surface area contributed by atoms with E-state index < -0.39 is 0 Å². The maximum atomic E-state index is 4.02. The van der Waals surface area contributed by atoms with E-state index in [2.05, 4.69) is 39.8 Å². The first-order valence-electron chi connectivity index (χ1n) is 5.26. The molecule has 0 saturated heterocycles. The summed E-state index contributed by atoms with van der Waals surface area (Å²) in [5.41, 5.74) is 3.92. The highest BCUT2D eigenvalue weighted by molar-refractivity contribution is 5.56. The van der Waals surface area contributed by atoms with Gasteiger partial charge >= 0.3 is 0 Å². The lowest BCUT2D eigenvalue weighted by Crippen LogP contribution is -2.17. The third-order valence-corrected chi connectivity index (χ3v) is 3.01. The normalized spacial score (nSPS) is 19.3. The molecule has 0 saturated carbocycles. The quantitative estimate of drug-likeness (QED) is 0.740. The topological polar surface area (TPSA) is 40.7 Å². The number of aromatic amines is 1. The van der Waals surface area contributed by atoms with Gasteiger partial charge in [-0.3, -0.25) is 5.10 Å². The molecule has 0 bridgehead atoms. The van der Waals surface area contributed by atoms with E-state index in [1.165, 1.54) is 16.8 Å². The predicted octanol–water partition coefficient (Wildman–Crippen LogP) is 2.36. The van der Waals surface area contributed by atoms with Crippen molar-refractivity contribution in [1.82, 2.24) is 10.2 Å². The van der Waals surface area contributed by atoms with Gasteiger partial charge in [0.1, 0.15) is 0 Å². The van der Waals surface area contributed by atoms with E-state index in [4.69, 9.17) is 0 Å². The Morgan fingerprint density at radius 3 is 3.07 bits per heavy atom. The second kappa shape index (κ2) is 3.42. The fourth-order valence-electron chi connectivity index (χ4n) is 2.27. The lowest BCUT2D eigenvalue weighted by molar-refractivity contribution is 0.720. The van der Waals surface area contributed by atoms with Gasteiger partial charge in [-0.1, -0.05) is 18.2 Å². The van der Waals surface area contributed by atoms with Crippen LogP contribution in [0.1, 0.15) is 23.5 Å². The average Bonchev–Trinajstić information content (AvgIpc) is 2.82. The number of nitrogens with zero attached hydrogens (tertiary/aromatic N) is 1. The zero-order valence-corrected chi connectivity index (χ0v) is 8.40. The highest BCUT2D eigenvalue weighted by Gasteiger charge is 2.21. The number of benzene rings is 1.